The highest BCUT2D eigenvalue weighted by molar-refractivity contribution is 5.37. The fraction of sp³-hybridized carbons (Fsp3) is 0.625. The van der Waals surface area contributed by atoms with Crippen LogP contribution in [0.5, 0.6) is 5.75 Å². The van der Waals surface area contributed by atoms with E-state index in [9.17, 15) is 0 Å². The maximum atomic E-state index is 5.96. The lowest BCUT2D eigenvalue weighted by molar-refractivity contribution is 0.406. The fourth-order valence-electron chi connectivity index (χ4n) is 2.08. The van der Waals surface area contributed by atoms with E-state index in [1.165, 1.54) is 11.1 Å². The molecule has 0 aliphatic rings. The first-order valence-corrected chi connectivity index (χ1v) is 7.11. The Labute approximate surface area is 117 Å². The number of benzene rings is 1. The first-order chi connectivity index (χ1) is 8.96. The molecule has 3 N–H and O–H groups in total. The van der Waals surface area contributed by atoms with Gasteiger partial charge in [0.05, 0.1) is 7.11 Å². The molecule has 0 saturated heterocycles. The molecule has 1 aromatic rings. The van der Waals surface area contributed by atoms with Crippen LogP contribution in [-0.2, 0) is 13.0 Å². The van der Waals surface area contributed by atoms with Gasteiger partial charge in [0, 0.05) is 17.6 Å². The van der Waals surface area contributed by atoms with E-state index in [-0.39, 0.29) is 5.54 Å². The van der Waals surface area contributed by atoms with Gasteiger partial charge in [-0.25, -0.2) is 0 Å². The number of hydrogen-bond acceptors (Lipinski definition) is 3. The molecule has 0 atom stereocenters. The topological polar surface area (TPSA) is 47.3 Å². The summed E-state index contributed by atoms with van der Waals surface area (Å²) in [5.41, 5.74) is 8.47. The monoisotopic (exact) mass is 264 g/mol. The van der Waals surface area contributed by atoms with Gasteiger partial charge in [0.15, 0.2) is 0 Å². The summed E-state index contributed by atoms with van der Waals surface area (Å²) in [6.07, 6.45) is 3.18. The van der Waals surface area contributed by atoms with Crippen molar-refractivity contribution in [1.82, 2.24) is 5.32 Å². The number of rotatable bonds is 8. The summed E-state index contributed by atoms with van der Waals surface area (Å²) in [5, 5.41) is 3.46. The highest BCUT2D eigenvalue weighted by Crippen LogP contribution is 2.20. The predicted molar refractivity (Wildman–Crippen MR) is 81.6 cm³/mol. The van der Waals surface area contributed by atoms with Gasteiger partial charge in [-0.3, -0.25) is 0 Å². The molecule has 0 aromatic heterocycles. The van der Waals surface area contributed by atoms with E-state index in [4.69, 9.17) is 10.5 Å². The van der Waals surface area contributed by atoms with E-state index < -0.39 is 0 Å². The SMILES string of the molecule is CCc1ccc(OC)c(CNCCCC(C)(C)N)c1. The Morgan fingerprint density at radius 1 is 1.32 bits per heavy atom. The molecule has 0 saturated carbocycles. The largest absolute Gasteiger partial charge is 0.496 e. The maximum absolute atomic E-state index is 5.96. The Balaban J connectivity index is 2.43. The Bertz CT molecular complexity index is 383. The summed E-state index contributed by atoms with van der Waals surface area (Å²) >= 11 is 0. The molecule has 1 aromatic carbocycles. The lowest BCUT2D eigenvalue weighted by Crippen LogP contribution is -2.32. The molecule has 19 heavy (non-hydrogen) atoms. The first kappa shape index (κ1) is 16.0. The van der Waals surface area contributed by atoms with E-state index >= 15 is 0 Å². The number of nitrogens with two attached hydrogens (primary N) is 1. The molecule has 0 unspecified atom stereocenters. The van der Waals surface area contributed by atoms with Crippen LogP contribution < -0.4 is 15.8 Å². The molecule has 0 heterocycles. The quantitative estimate of drug-likeness (QED) is 0.710. The van der Waals surface area contributed by atoms with E-state index in [0.29, 0.717) is 0 Å². The van der Waals surface area contributed by atoms with Gasteiger partial charge in [0.2, 0.25) is 0 Å². The molecule has 0 radical (unpaired) electrons. The third-order valence-electron chi connectivity index (χ3n) is 3.24. The molecule has 3 nitrogen and oxygen atoms in total. The Kier molecular flexibility index (Phi) is 6.32. The lowest BCUT2D eigenvalue weighted by Gasteiger charge is -2.18. The number of ether oxygens (including phenoxy) is 1. The standard InChI is InChI=1S/C16H28N2O/c1-5-13-7-8-15(19-4)14(11-13)12-18-10-6-9-16(2,3)17/h7-8,11,18H,5-6,9-10,12,17H2,1-4H3. The van der Waals surface area contributed by atoms with Crippen molar-refractivity contribution in [2.45, 2.75) is 52.1 Å². The van der Waals surface area contributed by atoms with Crippen molar-refractivity contribution in [2.24, 2.45) is 5.73 Å². The van der Waals surface area contributed by atoms with Crippen LogP contribution in [0, 0.1) is 0 Å². The van der Waals surface area contributed by atoms with Crippen LogP contribution in [0.4, 0.5) is 0 Å². The van der Waals surface area contributed by atoms with Crippen molar-refractivity contribution in [3.05, 3.63) is 29.3 Å². The van der Waals surface area contributed by atoms with Gasteiger partial charge in [-0.15, -0.1) is 0 Å². The van der Waals surface area contributed by atoms with Gasteiger partial charge in [-0.05, 0) is 51.3 Å². The number of hydrogen-bond donors (Lipinski definition) is 2. The van der Waals surface area contributed by atoms with Gasteiger partial charge in [-0.1, -0.05) is 19.1 Å². The van der Waals surface area contributed by atoms with Crippen molar-refractivity contribution in [3.8, 4) is 5.75 Å². The van der Waals surface area contributed by atoms with E-state index in [1.807, 2.05) is 0 Å². The van der Waals surface area contributed by atoms with Crippen molar-refractivity contribution in [3.63, 3.8) is 0 Å². The van der Waals surface area contributed by atoms with Gasteiger partial charge in [0.25, 0.3) is 0 Å². The van der Waals surface area contributed by atoms with Gasteiger partial charge in [0.1, 0.15) is 5.75 Å². The zero-order valence-corrected chi connectivity index (χ0v) is 12.8. The second kappa shape index (κ2) is 7.51. The average molecular weight is 264 g/mol. The van der Waals surface area contributed by atoms with Gasteiger partial charge < -0.3 is 15.8 Å². The first-order valence-electron chi connectivity index (χ1n) is 7.11. The molecule has 0 aliphatic heterocycles. The smallest absolute Gasteiger partial charge is 0.123 e. The minimum absolute atomic E-state index is 0.0680. The van der Waals surface area contributed by atoms with Crippen molar-refractivity contribution in [1.29, 1.82) is 0 Å². The van der Waals surface area contributed by atoms with Crippen LogP contribution in [0.25, 0.3) is 0 Å². The second-order valence-corrected chi connectivity index (χ2v) is 5.77. The normalized spacial score (nSPS) is 11.6. The predicted octanol–water partition coefficient (Wildman–Crippen LogP) is 2.86. The van der Waals surface area contributed by atoms with Crippen LogP contribution in [0.15, 0.2) is 18.2 Å². The van der Waals surface area contributed by atoms with Crippen LogP contribution in [0.3, 0.4) is 0 Å². The number of aryl methyl sites for hydroxylation is 1. The van der Waals surface area contributed by atoms with Crippen molar-refractivity contribution >= 4 is 0 Å². The minimum atomic E-state index is -0.0680. The summed E-state index contributed by atoms with van der Waals surface area (Å²) in [7, 11) is 1.72. The van der Waals surface area contributed by atoms with Gasteiger partial charge >= 0.3 is 0 Å². The molecule has 0 aliphatic carbocycles. The Morgan fingerprint density at radius 3 is 2.63 bits per heavy atom. The second-order valence-electron chi connectivity index (χ2n) is 5.77. The third kappa shape index (κ3) is 6.08. The number of methoxy groups -OCH3 is 1. The molecule has 1 rings (SSSR count). The fourth-order valence-corrected chi connectivity index (χ4v) is 2.08. The highest BCUT2D eigenvalue weighted by Gasteiger charge is 2.09. The molecule has 0 spiro atoms. The van der Waals surface area contributed by atoms with E-state index in [1.54, 1.807) is 7.11 Å². The van der Waals surface area contributed by atoms with E-state index in [2.05, 4.69) is 44.3 Å². The molecule has 0 amide bonds. The molecular weight excluding hydrogens is 236 g/mol. The van der Waals surface area contributed by atoms with Crippen LogP contribution in [0.2, 0.25) is 0 Å². The summed E-state index contributed by atoms with van der Waals surface area (Å²) in [4.78, 5) is 0. The molecule has 108 valence electrons. The Hall–Kier alpha value is -1.06. The van der Waals surface area contributed by atoms with Crippen LogP contribution >= 0.6 is 0 Å². The van der Waals surface area contributed by atoms with Crippen molar-refractivity contribution < 1.29 is 4.74 Å². The van der Waals surface area contributed by atoms with Gasteiger partial charge in [-0.2, -0.15) is 0 Å². The zero-order valence-electron chi connectivity index (χ0n) is 12.8. The summed E-state index contributed by atoms with van der Waals surface area (Å²) in [5.74, 6) is 0.962. The number of nitrogens with one attached hydrogen (secondary N) is 1. The van der Waals surface area contributed by atoms with Crippen LogP contribution in [0.1, 0.15) is 44.7 Å². The molecular formula is C16H28N2O. The third-order valence-corrected chi connectivity index (χ3v) is 3.24. The Morgan fingerprint density at radius 2 is 2.05 bits per heavy atom. The minimum Gasteiger partial charge on any atom is -0.496 e. The van der Waals surface area contributed by atoms with Crippen LogP contribution in [-0.4, -0.2) is 19.2 Å². The summed E-state index contributed by atoms with van der Waals surface area (Å²) in [6, 6.07) is 6.40. The highest BCUT2D eigenvalue weighted by atomic mass is 16.5. The summed E-state index contributed by atoms with van der Waals surface area (Å²) in [6.45, 7) is 8.14. The lowest BCUT2D eigenvalue weighted by atomic mass is 10.0. The summed E-state index contributed by atoms with van der Waals surface area (Å²) < 4.78 is 5.40. The molecule has 3 heteroatoms. The molecule has 0 fully saturated rings. The van der Waals surface area contributed by atoms with Crippen molar-refractivity contribution in [2.75, 3.05) is 13.7 Å². The average Bonchev–Trinajstić information content (AvgIpc) is 2.36. The molecule has 0 bridgehead atoms. The zero-order chi connectivity index (χ0) is 14.3. The van der Waals surface area contributed by atoms with E-state index in [0.717, 1.165) is 38.1 Å². The maximum Gasteiger partial charge on any atom is 0.123 e.